The summed E-state index contributed by atoms with van der Waals surface area (Å²) in [5.41, 5.74) is 0.699. The topological polar surface area (TPSA) is 50.4 Å². The number of ether oxygens (including phenoxy) is 1. The molecule has 0 spiro atoms. The normalized spacial score (nSPS) is 16.7. The van der Waals surface area contributed by atoms with E-state index in [1.165, 1.54) is 19.3 Å². The smallest absolute Gasteiger partial charge is 0.251 e. The number of hydrogen-bond acceptors (Lipinski definition) is 3. The molecule has 1 fully saturated rings. The zero-order chi connectivity index (χ0) is 15.6. The summed E-state index contributed by atoms with van der Waals surface area (Å²) >= 11 is 0. The molecular weight excluding hydrogens is 312 g/mol. The Morgan fingerprint density at radius 2 is 2.09 bits per heavy atom. The summed E-state index contributed by atoms with van der Waals surface area (Å²) in [6.07, 6.45) is 5.74. The number of nitrogens with one attached hydrogen (secondary N) is 2. The van der Waals surface area contributed by atoms with Crippen molar-refractivity contribution in [1.29, 1.82) is 0 Å². The van der Waals surface area contributed by atoms with Crippen LogP contribution in [0.4, 0.5) is 0 Å². The maximum absolute atomic E-state index is 12.1. The van der Waals surface area contributed by atoms with Gasteiger partial charge in [0.1, 0.15) is 5.75 Å². The third-order valence-electron chi connectivity index (χ3n) is 4.13. The highest BCUT2D eigenvalue weighted by atomic mass is 35.5. The molecule has 4 nitrogen and oxygen atoms in total. The highest BCUT2D eigenvalue weighted by Gasteiger charge is 2.14. The average Bonchev–Trinajstić information content (AvgIpc) is 3.05. The van der Waals surface area contributed by atoms with Crippen molar-refractivity contribution in [3.63, 3.8) is 0 Å². The predicted molar refractivity (Wildman–Crippen MR) is 96.6 cm³/mol. The van der Waals surface area contributed by atoms with Gasteiger partial charge in [-0.25, -0.2) is 0 Å². The minimum Gasteiger partial charge on any atom is -0.494 e. The molecule has 23 heavy (non-hydrogen) atoms. The summed E-state index contributed by atoms with van der Waals surface area (Å²) in [6.45, 7) is 5.87. The molecule has 1 atom stereocenters. The van der Waals surface area contributed by atoms with Gasteiger partial charge in [0.05, 0.1) is 6.61 Å². The molecule has 0 radical (unpaired) electrons. The summed E-state index contributed by atoms with van der Waals surface area (Å²) in [7, 11) is 0. The lowest BCUT2D eigenvalue weighted by atomic mass is 10.1. The van der Waals surface area contributed by atoms with Crippen LogP contribution in [0.2, 0.25) is 0 Å². The fraction of sp³-hybridized carbons (Fsp3) is 0.611. The average molecular weight is 341 g/mol. The van der Waals surface area contributed by atoms with Crippen molar-refractivity contribution < 1.29 is 9.53 Å². The fourth-order valence-electron chi connectivity index (χ4n) is 2.70. The second kappa shape index (κ2) is 11.3. The van der Waals surface area contributed by atoms with Gasteiger partial charge in [0.2, 0.25) is 0 Å². The van der Waals surface area contributed by atoms with Crippen molar-refractivity contribution in [2.45, 2.75) is 39.0 Å². The van der Waals surface area contributed by atoms with Gasteiger partial charge >= 0.3 is 0 Å². The molecule has 5 heteroatoms. The number of hydrogen-bond donors (Lipinski definition) is 2. The van der Waals surface area contributed by atoms with E-state index < -0.39 is 0 Å². The summed E-state index contributed by atoms with van der Waals surface area (Å²) in [5.74, 6) is 1.55. The van der Waals surface area contributed by atoms with Crippen molar-refractivity contribution in [2.75, 3.05) is 26.2 Å². The van der Waals surface area contributed by atoms with Crippen LogP contribution >= 0.6 is 12.4 Å². The van der Waals surface area contributed by atoms with E-state index in [2.05, 4.69) is 17.6 Å². The lowest BCUT2D eigenvalue weighted by Gasteiger charge is -2.10. The zero-order valence-electron chi connectivity index (χ0n) is 14.0. The lowest BCUT2D eigenvalue weighted by Crippen LogP contribution is -2.26. The van der Waals surface area contributed by atoms with Crippen molar-refractivity contribution in [3.05, 3.63) is 29.8 Å². The monoisotopic (exact) mass is 340 g/mol. The van der Waals surface area contributed by atoms with Gasteiger partial charge < -0.3 is 15.4 Å². The molecule has 1 aliphatic heterocycles. The van der Waals surface area contributed by atoms with Gasteiger partial charge in [-0.15, -0.1) is 12.4 Å². The van der Waals surface area contributed by atoms with Crippen molar-refractivity contribution in [3.8, 4) is 5.75 Å². The van der Waals surface area contributed by atoms with E-state index in [0.717, 1.165) is 44.8 Å². The van der Waals surface area contributed by atoms with Crippen molar-refractivity contribution in [2.24, 2.45) is 5.92 Å². The van der Waals surface area contributed by atoms with Crippen LogP contribution in [-0.2, 0) is 0 Å². The standard InChI is InChI=1S/C18H28N2O2.ClH/c1-2-3-4-13-22-17-7-5-16(6-8-17)18(21)20-12-10-15-9-11-19-14-15;/h5-8,15,19H,2-4,9-14H2,1H3,(H,20,21);1H. The first-order valence-electron chi connectivity index (χ1n) is 8.51. The minimum atomic E-state index is 0. The molecule has 0 aliphatic carbocycles. The third-order valence-corrected chi connectivity index (χ3v) is 4.13. The number of benzene rings is 1. The van der Waals surface area contributed by atoms with Gasteiger partial charge in [0, 0.05) is 12.1 Å². The van der Waals surface area contributed by atoms with Crippen molar-refractivity contribution >= 4 is 18.3 Å². The second-order valence-corrected chi connectivity index (χ2v) is 5.98. The predicted octanol–water partition coefficient (Wildman–Crippen LogP) is 3.41. The Labute approximate surface area is 145 Å². The Morgan fingerprint density at radius 3 is 2.74 bits per heavy atom. The van der Waals surface area contributed by atoms with Gasteiger partial charge in [-0.3, -0.25) is 4.79 Å². The maximum atomic E-state index is 12.1. The SMILES string of the molecule is CCCCCOc1ccc(C(=O)NCCC2CCNC2)cc1.Cl. The van der Waals surface area contributed by atoms with Gasteiger partial charge in [0.15, 0.2) is 0 Å². The Kier molecular flexibility index (Phi) is 9.72. The lowest BCUT2D eigenvalue weighted by molar-refractivity contribution is 0.0951. The molecule has 1 unspecified atom stereocenters. The van der Waals surface area contributed by atoms with Gasteiger partial charge in [0.25, 0.3) is 5.91 Å². The van der Waals surface area contributed by atoms with Crippen LogP contribution < -0.4 is 15.4 Å². The first-order chi connectivity index (χ1) is 10.8. The summed E-state index contributed by atoms with van der Waals surface area (Å²) in [6, 6.07) is 7.42. The molecule has 1 heterocycles. The molecule has 0 bridgehead atoms. The zero-order valence-corrected chi connectivity index (χ0v) is 14.8. The number of amides is 1. The van der Waals surface area contributed by atoms with Crippen LogP contribution in [-0.4, -0.2) is 32.1 Å². The molecule has 1 aliphatic rings. The van der Waals surface area contributed by atoms with E-state index >= 15 is 0 Å². The highest BCUT2D eigenvalue weighted by molar-refractivity contribution is 5.94. The molecule has 0 aromatic heterocycles. The second-order valence-electron chi connectivity index (χ2n) is 5.98. The number of halogens is 1. The van der Waals surface area contributed by atoms with E-state index in [9.17, 15) is 4.79 Å². The maximum Gasteiger partial charge on any atom is 0.251 e. The van der Waals surface area contributed by atoms with Crippen molar-refractivity contribution in [1.82, 2.24) is 10.6 Å². The van der Waals surface area contributed by atoms with Crippen LogP contribution in [0.25, 0.3) is 0 Å². The quantitative estimate of drug-likeness (QED) is 0.677. The summed E-state index contributed by atoms with van der Waals surface area (Å²) < 4.78 is 5.65. The van der Waals surface area contributed by atoms with Crippen LogP contribution in [0, 0.1) is 5.92 Å². The summed E-state index contributed by atoms with van der Waals surface area (Å²) in [4.78, 5) is 12.1. The Morgan fingerprint density at radius 1 is 1.30 bits per heavy atom. The summed E-state index contributed by atoms with van der Waals surface area (Å²) in [5, 5.41) is 6.34. The molecule has 130 valence electrons. The number of carbonyl (C=O) groups is 1. The van der Waals surface area contributed by atoms with E-state index in [1.54, 1.807) is 0 Å². The molecule has 1 aromatic carbocycles. The van der Waals surface area contributed by atoms with Crippen LogP contribution in [0.5, 0.6) is 5.75 Å². The van der Waals surface area contributed by atoms with E-state index in [1.807, 2.05) is 24.3 Å². The van der Waals surface area contributed by atoms with E-state index in [0.29, 0.717) is 11.5 Å². The Hall–Kier alpha value is -1.26. The molecule has 0 saturated carbocycles. The Bertz CT molecular complexity index is 445. The molecule has 1 saturated heterocycles. The molecular formula is C18H29ClN2O2. The molecule has 1 aromatic rings. The molecule has 1 amide bonds. The van der Waals surface area contributed by atoms with E-state index in [4.69, 9.17) is 4.74 Å². The largest absolute Gasteiger partial charge is 0.494 e. The number of rotatable bonds is 9. The molecule has 2 N–H and O–H groups in total. The number of unbranched alkanes of at least 4 members (excludes halogenated alkanes) is 2. The van der Waals surface area contributed by atoms with Crippen LogP contribution in [0.3, 0.4) is 0 Å². The van der Waals surface area contributed by atoms with Gasteiger partial charge in [-0.2, -0.15) is 0 Å². The van der Waals surface area contributed by atoms with Crippen LogP contribution in [0.15, 0.2) is 24.3 Å². The third kappa shape index (κ3) is 7.23. The highest BCUT2D eigenvalue weighted by Crippen LogP contribution is 2.14. The minimum absolute atomic E-state index is 0. The first kappa shape index (κ1) is 19.8. The fourth-order valence-corrected chi connectivity index (χ4v) is 2.70. The van der Waals surface area contributed by atoms with Gasteiger partial charge in [-0.1, -0.05) is 19.8 Å². The van der Waals surface area contributed by atoms with Gasteiger partial charge in [-0.05, 0) is 62.5 Å². The van der Waals surface area contributed by atoms with E-state index in [-0.39, 0.29) is 18.3 Å². The van der Waals surface area contributed by atoms with Crippen LogP contribution in [0.1, 0.15) is 49.4 Å². The molecule has 2 rings (SSSR count). The Balaban J connectivity index is 0.00000264. The number of carbonyl (C=O) groups excluding carboxylic acids is 1. The first-order valence-corrected chi connectivity index (χ1v) is 8.51.